The molecule has 2 rings (SSSR count). The first-order chi connectivity index (χ1) is 7.46. The zero-order chi connectivity index (χ0) is 11.8. The van der Waals surface area contributed by atoms with Gasteiger partial charge in [0.2, 0.25) is 0 Å². The van der Waals surface area contributed by atoms with Gasteiger partial charge in [-0.05, 0) is 27.2 Å². The second-order valence-electron chi connectivity index (χ2n) is 4.87. The first kappa shape index (κ1) is 10.9. The van der Waals surface area contributed by atoms with Crippen molar-refractivity contribution < 1.29 is 9.53 Å². The molecule has 1 aliphatic heterocycles. The van der Waals surface area contributed by atoms with Crippen molar-refractivity contribution in [3.05, 3.63) is 11.9 Å². The lowest BCUT2D eigenvalue weighted by atomic mass is 10.2. The summed E-state index contributed by atoms with van der Waals surface area (Å²) in [6.07, 6.45) is 2.12. The fourth-order valence-electron chi connectivity index (χ4n) is 1.70. The predicted octanol–water partition coefficient (Wildman–Crippen LogP) is 1.25. The van der Waals surface area contributed by atoms with Crippen LogP contribution in [-0.4, -0.2) is 26.7 Å². The molecule has 88 valence electrons. The topological polar surface area (TPSA) is 69.0 Å². The highest BCUT2D eigenvalue weighted by Gasteiger charge is 2.27. The van der Waals surface area contributed by atoms with Gasteiger partial charge in [-0.25, -0.2) is 9.48 Å². The van der Waals surface area contributed by atoms with Crippen molar-refractivity contribution in [1.29, 1.82) is 0 Å². The summed E-state index contributed by atoms with van der Waals surface area (Å²) >= 11 is 0. The number of aryl methyl sites for hydroxylation is 1. The van der Waals surface area contributed by atoms with Crippen molar-refractivity contribution in [2.24, 2.45) is 0 Å². The molecule has 1 aliphatic rings. The van der Waals surface area contributed by atoms with Crippen LogP contribution in [0.4, 0.5) is 4.79 Å². The standard InChI is InChI=1S/C10H16N4O2/c1-10(2,3)16-9(15)12-7-4-5-14-8(7)6-11-13-14/h6-7H,4-5H2,1-3H3,(H,12,15). The van der Waals surface area contributed by atoms with E-state index in [1.165, 1.54) is 0 Å². The Morgan fingerprint density at radius 1 is 1.62 bits per heavy atom. The van der Waals surface area contributed by atoms with Gasteiger partial charge in [0.1, 0.15) is 5.60 Å². The number of carbonyl (C=O) groups is 1. The molecule has 1 aromatic rings. The maximum Gasteiger partial charge on any atom is 0.408 e. The molecule has 1 aromatic heterocycles. The number of nitrogens with zero attached hydrogens (tertiary/aromatic N) is 3. The number of alkyl carbamates (subject to hydrolysis) is 1. The normalized spacial score (nSPS) is 19.3. The van der Waals surface area contributed by atoms with Crippen molar-refractivity contribution >= 4 is 6.09 Å². The Bertz CT molecular complexity index is 394. The number of ether oxygens (including phenoxy) is 1. The summed E-state index contributed by atoms with van der Waals surface area (Å²) in [4.78, 5) is 11.6. The summed E-state index contributed by atoms with van der Waals surface area (Å²) < 4.78 is 6.98. The van der Waals surface area contributed by atoms with Crippen molar-refractivity contribution in [3.8, 4) is 0 Å². The van der Waals surface area contributed by atoms with Crippen LogP contribution >= 0.6 is 0 Å². The summed E-state index contributed by atoms with van der Waals surface area (Å²) in [6.45, 7) is 6.31. The van der Waals surface area contributed by atoms with Crippen LogP contribution in [0.2, 0.25) is 0 Å². The summed E-state index contributed by atoms with van der Waals surface area (Å²) in [5.74, 6) is 0. The first-order valence-electron chi connectivity index (χ1n) is 5.33. The van der Waals surface area contributed by atoms with E-state index >= 15 is 0 Å². The van der Waals surface area contributed by atoms with E-state index in [1.807, 2.05) is 20.8 Å². The molecule has 0 spiro atoms. The molecule has 6 heteroatoms. The zero-order valence-corrected chi connectivity index (χ0v) is 9.73. The maximum absolute atomic E-state index is 11.6. The molecule has 1 amide bonds. The van der Waals surface area contributed by atoms with Gasteiger partial charge in [-0.3, -0.25) is 0 Å². The molecule has 0 aliphatic carbocycles. The van der Waals surface area contributed by atoms with Gasteiger partial charge >= 0.3 is 6.09 Å². The van der Waals surface area contributed by atoms with Crippen LogP contribution in [-0.2, 0) is 11.3 Å². The van der Waals surface area contributed by atoms with E-state index in [2.05, 4.69) is 15.6 Å². The monoisotopic (exact) mass is 224 g/mol. The van der Waals surface area contributed by atoms with Crippen molar-refractivity contribution in [2.75, 3.05) is 0 Å². The number of rotatable bonds is 1. The fourth-order valence-corrected chi connectivity index (χ4v) is 1.70. The maximum atomic E-state index is 11.6. The third-order valence-corrected chi connectivity index (χ3v) is 2.33. The van der Waals surface area contributed by atoms with Gasteiger partial charge in [-0.2, -0.15) is 0 Å². The summed E-state index contributed by atoms with van der Waals surface area (Å²) in [7, 11) is 0. The molecule has 0 saturated carbocycles. The Kier molecular flexibility index (Phi) is 2.57. The van der Waals surface area contributed by atoms with Gasteiger partial charge in [0.15, 0.2) is 0 Å². The lowest BCUT2D eigenvalue weighted by Gasteiger charge is -2.21. The number of amides is 1. The molecule has 2 heterocycles. The highest BCUT2D eigenvalue weighted by molar-refractivity contribution is 5.68. The quantitative estimate of drug-likeness (QED) is 0.779. The molecule has 1 N–H and O–H groups in total. The van der Waals surface area contributed by atoms with Gasteiger partial charge < -0.3 is 10.1 Å². The number of aromatic nitrogens is 3. The minimum Gasteiger partial charge on any atom is -0.444 e. The fraction of sp³-hybridized carbons (Fsp3) is 0.700. The van der Waals surface area contributed by atoms with E-state index in [0.29, 0.717) is 0 Å². The van der Waals surface area contributed by atoms with Gasteiger partial charge in [0.05, 0.1) is 17.9 Å². The van der Waals surface area contributed by atoms with Crippen LogP contribution in [0.25, 0.3) is 0 Å². The summed E-state index contributed by atoms with van der Waals surface area (Å²) in [5, 5.41) is 10.5. The van der Waals surface area contributed by atoms with Crippen LogP contribution in [0.15, 0.2) is 6.20 Å². The minimum absolute atomic E-state index is 0.0372. The van der Waals surface area contributed by atoms with Crippen LogP contribution in [0.5, 0.6) is 0 Å². The average Bonchev–Trinajstić information content (AvgIpc) is 2.66. The first-order valence-corrected chi connectivity index (χ1v) is 5.33. The highest BCUT2D eigenvalue weighted by atomic mass is 16.6. The van der Waals surface area contributed by atoms with Crippen LogP contribution in [0, 0.1) is 0 Å². The molecule has 0 fully saturated rings. The molecular weight excluding hydrogens is 208 g/mol. The molecule has 0 aromatic carbocycles. The van der Waals surface area contributed by atoms with E-state index < -0.39 is 11.7 Å². The van der Waals surface area contributed by atoms with Crippen molar-refractivity contribution in [1.82, 2.24) is 20.3 Å². The summed E-state index contributed by atoms with van der Waals surface area (Å²) in [6, 6.07) is -0.0372. The number of carbonyl (C=O) groups excluding carboxylic acids is 1. The minimum atomic E-state index is -0.471. The van der Waals surface area contributed by atoms with Gasteiger partial charge in [0, 0.05) is 6.54 Å². The van der Waals surface area contributed by atoms with Gasteiger partial charge in [-0.15, -0.1) is 5.10 Å². The van der Waals surface area contributed by atoms with E-state index in [4.69, 9.17) is 4.74 Å². The van der Waals surface area contributed by atoms with Crippen LogP contribution in [0.3, 0.4) is 0 Å². The average molecular weight is 224 g/mol. The Hall–Kier alpha value is -1.59. The molecule has 0 saturated heterocycles. The Labute approximate surface area is 94.0 Å². The molecule has 1 atom stereocenters. The van der Waals surface area contributed by atoms with E-state index in [9.17, 15) is 4.79 Å². The Morgan fingerprint density at radius 3 is 3.06 bits per heavy atom. The number of nitrogens with one attached hydrogen (secondary N) is 1. The second-order valence-corrected chi connectivity index (χ2v) is 4.87. The number of fused-ring (bicyclic) bond motifs is 1. The van der Waals surface area contributed by atoms with E-state index in [1.54, 1.807) is 10.9 Å². The Morgan fingerprint density at radius 2 is 2.38 bits per heavy atom. The molecule has 0 radical (unpaired) electrons. The van der Waals surface area contributed by atoms with Crippen LogP contribution < -0.4 is 5.32 Å². The largest absolute Gasteiger partial charge is 0.444 e. The lowest BCUT2D eigenvalue weighted by Crippen LogP contribution is -2.34. The highest BCUT2D eigenvalue weighted by Crippen LogP contribution is 2.23. The third-order valence-electron chi connectivity index (χ3n) is 2.33. The second kappa shape index (κ2) is 3.77. The summed E-state index contributed by atoms with van der Waals surface area (Å²) in [5.41, 5.74) is 0.465. The Balaban J connectivity index is 1.95. The molecular formula is C10H16N4O2. The van der Waals surface area contributed by atoms with Crippen molar-refractivity contribution in [2.45, 2.75) is 45.4 Å². The molecule has 1 unspecified atom stereocenters. The molecule has 0 bridgehead atoms. The predicted molar refractivity (Wildman–Crippen MR) is 56.7 cm³/mol. The smallest absolute Gasteiger partial charge is 0.408 e. The van der Waals surface area contributed by atoms with E-state index in [-0.39, 0.29) is 6.04 Å². The van der Waals surface area contributed by atoms with Crippen molar-refractivity contribution in [3.63, 3.8) is 0 Å². The number of hydrogen-bond donors (Lipinski definition) is 1. The molecule has 6 nitrogen and oxygen atoms in total. The van der Waals surface area contributed by atoms with Gasteiger partial charge in [0.25, 0.3) is 0 Å². The SMILES string of the molecule is CC(C)(C)OC(=O)NC1CCn2nncc21. The molecule has 16 heavy (non-hydrogen) atoms. The van der Waals surface area contributed by atoms with E-state index in [0.717, 1.165) is 18.7 Å². The van der Waals surface area contributed by atoms with Crippen LogP contribution in [0.1, 0.15) is 38.9 Å². The van der Waals surface area contributed by atoms with Gasteiger partial charge in [-0.1, -0.05) is 5.21 Å². The third kappa shape index (κ3) is 2.32. The zero-order valence-electron chi connectivity index (χ0n) is 9.73. The number of hydrogen-bond acceptors (Lipinski definition) is 4. The lowest BCUT2D eigenvalue weighted by molar-refractivity contribution is 0.0503.